The lowest BCUT2D eigenvalue weighted by molar-refractivity contribution is 0.0697. The second-order valence-electron chi connectivity index (χ2n) is 7.48. The molecule has 152 valence electrons. The number of carbonyl (C=O) groups excluding carboxylic acids is 1. The van der Waals surface area contributed by atoms with Crippen LogP contribution in [-0.4, -0.2) is 16.9 Å². The van der Waals surface area contributed by atoms with Crippen LogP contribution < -0.4 is 0 Å². The van der Waals surface area contributed by atoms with Crippen LogP contribution in [-0.2, 0) is 6.42 Å². The first kappa shape index (κ1) is 19.3. The zero-order chi connectivity index (χ0) is 21.5. The van der Waals surface area contributed by atoms with E-state index in [1.54, 1.807) is 12.1 Å². The number of hydrogen-bond acceptors (Lipinski definition) is 4. The molecular weight excluding hydrogens is 408 g/mol. The number of benzene rings is 3. The van der Waals surface area contributed by atoms with Gasteiger partial charge in [0, 0.05) is 22.2 Å². The van der Waals surface area contributed by atoms with E-state index in [1.807, 2.05) is 66.9 Å². The highest BCUT2D eigenvalue weighted by Crippen LogP contribution is 2.37. The van der Waals surface area contributed by atoms with Gasteiger partial charge in [-0.3, -0.25) is 4.79 Å². The molecule has 0 bridgehead atoms. The highest BCUT2D eigenvalue weighted by Gasteiger charge is 2.24. The molecular formula is C26H18O4S. The van der Waals surface area contributed by atoms with Crippen molar-refractivity contribution < 1.29 is 19.1 Å². The van der Waals surface area contributed by atoms with E-state index in [0.29, 0.717) is 16.0 Å². The summed E-state index contributed by atoms with van der Waals surface area (Å²) < 4.78 is 5.67. The van der Waals surface area contributed by atoms with Crippen molar-refractivity contribution >= 4 is 44.8 Å². The molecule has 5 heteroatoms. The van der Waals surface area contributed by atoms with Crippen molar-refractivity contribution in [3.63, 3.8) is 0 Å². The summed E-state index contributed by atoms with van der Waals surface area (Å²) in [6.07, 6.45) is -0.0179. The lowest BCUT2D eigenvalue weighted by Crippen LogP contribution is -2.06. The van der Waals surface area contributed by atoms with Crippen LogP contribution in [0.25, 0.3) is 32.9 Å². The van der Waals surface area contributed by atoms with Crippen molar-refractivity contribution in [3.8, 4) is 11.1 Å². The fraction of sp³-hybridized carbons (Fsp3) is 0.0769. The van der Waals surface area contributed by atoms with Crippen molar-refractivity contribution in [2.45, 2.75) is 13.3 Å². The van der Waals surface area contributed by atoms with Gasteiger partial charge in [0.15, 0.2) is 5.76 Å². The molecule has 2 heterocycles. The molecule has 0 aliphatic rings. The molecule has 0 spiro atoms. The molecule has 2 aromatic heterocycles. The lowest BCUT2D eigenvalue weighted by atomic mass is 9.94. The first-order chi connectivity index (χ1) is 15.0. The standard InChI is InChI=1S/C26H18O4S/c1-15-10-11-19(18-8-4-3-7-17(15)18)20-14-31-24(25(20)26(28)29)13-21(27)23-12-16-6-2-5-9-22(16)30-23/h2-12,14H,13H2,1H3,(H,28,29). The van der Waals surface area contributed by atoms with Gasteiger partial charge in [-0.2, -0.15) is 0 Å². The first-order valence-electron chi connectivity index (χ1n) is 9.87. The van der Waals surface area contributed by atoms with E-state index in [2.05, 4.69) is 0 Å². The van der Waals surface area contributed by atoms with Crippen molar-refractivity contribution in [2.75, 3.05) is 0 Å². The van der Waals surface area contributed by atoms with Crippen LogP contribution in [0, 0.1) is 6.92 Å². The molecule has 3 aromatic carbocycles. The number of para-hydroxylation sites is 1. The van der Waals surface area contributed by atoms with Crippen LogP contribution in [0.4, 0.5) is 0 Å². The summed E-state index contributed by atoms with van der Waals surface area (Å²) in [4.78, 5) is 25.6. The number of aromatic carboxylic acids is 1. The molecule has 5 aromatic rings. The van der Waals surface area contributed by atoms with E-state index in [-0.39, 0.29) is 23.5 Å². The molecule has 31 heavy (non-hydrogen) atoms. The number of carbonyl (C=O) groups is 2. The number of carboxylic acid groups (broad SMARTS) is 1. The number of ketones is 1. The first-order valence-corrected chi connectivity index (χ1v) is 10.7. The summed E-state index contributed by atoms with van der Waals surface area (Å²) in [5, 5.41) is 14.8. The normalized spacial score (nSPS) is 11.3. The summed E-state index contributed by atoms with van der Waals surface area (Å²) in [5.74, 6) is -1.03. The number of furan rings is 1. The molecule has 0 amide bonds. The molecule has 0 saturated heterocycles. The van der Waals surface area contributed by atoms with Gasteiger partial charge in [0.1, 0.15) is 5.58 Å². The smallest absolute Gasteiger partial charge is 0.337 e. The number of rotatable bonds is 5. The van der Waals surface area contributed by atoms with E-state index < -0.39 is 5.97 Å². The Morgan fingerprint density at radius 1 is 0.935 bits per heavy atom. The average molecular weight is 426 g/mol. The molecule has 0 aliphatic heterocycles. The monoisotopic (exact) mass is 426 g/mol. The fourth-order valence-electron chi connectivity index (χ4n) is 4.00. The van der Waals surface area contributed by atoms with E-state index >= 15 is 0 Å². The van der Waals surface area contributed by atoms with E-state index in [1.165, 1.54) is 11.3 Å². The Balaban J connectivity index is 1.57. The van der Waals surface area contributed by atoms with Gasteiger partial charge in [0.25, 0.3) is 0 Å². The van der Waals surface area contributed by atoms with E-state index in [0.717, 1.165) is 27.3 Å². The number of thiophene rings is 1. The van der Waals surface area contributed by atoms with E-state index in [4.69, 9.17) is 4.42 Å². The Kier molecular flexibility index (Phi) is 4.68. The molecule has 5 rings (SSSR count). The maximum atomic E-state index is 12.9. The number of carboxylic acids is 1. The van der Waals surface area contributed by atoms with Gasteiger partial charge in [-0.15, -0.1) is 11.3 Å². The summed E-state index contributed by atoms with van der Waals surface area (Å²) in [5.41, 5.74) is 3.45. The van der Waals surface area contributed by atoms with Crippen LogP contribution in [0.5, 0.6) is 0 Å². The van der Waals surface area contributed by atoms with Gasteiger partial charge in [-0.1, -0.05) is 54.6 Å². The fourth-order valence-corrected chi connectivity index (χ4v) is 5.03. The van der Waals surface area contributed by atoms with Crippen molar-refractivity contribution in [2.24, 2.45) is 0 Å². The molecule has 0 saturated carbocycles. The molecule has 0 fully saturated rings. The second-order valence-corrected chi connectivity index (χ2v) is 8.44. The van der Waals surface area contributed by atoms with Crippen LogP contribution in [0.15, 0.2) is 76.5 Å². The maximum absolute atomic E-state index is 12.9. The lowest BCUT2D eigenvalue weighted by Gasteiger charge is -2.09. The summed E-state index contributed by atoms with van der Waals surface area (Å²) in [7, 11) is 0. The predicted molar refractivity (Wildman–Crippen MR) is 123 cm³/mol. The summed E-state index contributed by atoms with van der Waals surface area (Å²) >= 11 is 1.30. The van der Waals surface area contributed by atoms with E-state index in [9.17, 15) is 14.7 Å². The maximum Gasteiger partial charge on any atom is 0.337 e. The summed E-state index contributed by atoms with van der Waals surface area (Å²) in [6, 6.07) is 21.0. The highest BCUT2D eigenvalue weighted by molar-refractivity contribution is 7.11. The van der Waals surface area contributed by atoms with Crippen LogP contribution in [0.1, 0.15) is 31.4 Å². The van der Waals surface area contributed by atoms with Gasteiger partial charge >= 0.3 is 5.97 Å². The zero-order valence-corrected chi connectivity index (χ0v) is 17.5. The van der Waals surface area contributed by atoms with Crippen molar-refractivity contribution in [1.29, 1.82) is 0 Å². The SMILES string of the molecule is Cc1ccc(-c2csc(CC(=O)c3cc4ccccc4o3)c2C(=O)O)c2ccccc12. The third-order valence-electron chi connectivity index (χ3n) is 5.53. The minimum Gasteiger partial charge on any atom is -0.478 e. The molecule has 4 nitrogen and oxygen atoms in total. The number of aryl methyl sites for hydroxylation is 1. The van der Waals surface area contributed by atoms with Crippen LogP contribution >= 0.6 is 11.3 Å². The Morgan fingerprint density at radius 2 is 1.68 bits per heavy atom. The highest BCUT2D eigenvalue weighted by atomic mass is 32.1. The Bertz CT molecular complexity index is 1440. The van der Waals surface area contributed by atoms with Crippen LogP contribution in [0.2, 0.25) is 0 Å². The largest absolute Gasteiger partial charge is 0.478 e. The molecule has 0 aliphatic carbocycles. The van der Waals surface area contributed by atoms with Gasteiger partial charge in [0.05, 0.1) is 5.56 Å². The third-order valence-corrected chi connectivity index (χ3v) is 6.52. The Morgan fingerprint density at radius 3 is 2.45 bits per heavy atom. The third kappa shape index (κ3) is 3.33. The minimum absolute atomic E-state index is 0.0179. The predicted octanol–water partition coefficient (Wildman–Crippen LogP) is 6.75. The van der Waals surface area contributed by atoms with Crippen molar-refractivity contribution in [1.82, 2.24) is 0 Å². The molecule has 1 N–H and O–H groups in total. The number of Topliss-reactive ketones (excluding diaryl/α,β-unsaturated/α-hetero) is 1. The Labute approximate surface area is 182 Å². The van der Waals surface area contributed by atoms with Gasteiger partial charge in [0.2, 0.25) is 5.78 Å². The Hall–Kier alpha value is -3.70. The van der Waals surface area contributed by atoms with Gasteiger partial charge in [-0.05, 0) is 46.3 Å². The number of fused-ring (bicyclic) bond motifs is 2. The zero-order valence-electron chi connectivity index (χ0n) is 16.7. The molecule has 0 atom stereocenters. The molecule has 0 unspecified atom stereocenters. The van der Waals surface area contributed by atoms with Gasteiger partial charge < -0.3 is 9.52 Å². The number of hydrogen-bond donors (Lipinski definition) is 1. The minimum atomic E-state index is -1.03. The van der Waals surface area contributed by atoms with Gasteiger partial charge in [-0.25, -0.2) is 4.79 Å². The summed E-state index contributed by atoms with van der Waals surface area (Å²) in [6.45, 7) is 2.04. The molecule has 0 radical (unpaired) electrons. The quantitative estimate of drug-likeness (QED) is 0.316. The average Bonchev–Trinajstić information content (AvgIpc) is 3.38. The topological polar surface area (TPSA) is 67.5 Å². The van der Waals surface area contributed by atoms with Crippen LogP contribution in [0.3, 0.4) is 0 Å². The second kappa shape index (κ2) is 7.52. The van der Waals surface area contributed by atoms with Crippen molar-refractivity contribution in [3.05, 3.63) is 93.9 Å².